The second kappa shape index (κ2) is 4.63. The fraction of sp³-hybridized carbons (Fsp3) is 0.562. The van der Waals surface area contributed by atoms with Crippen LogP contribution in [0.4, 0.5) is 0 Å². The SMILES string of the molecule is C[C@H]1O[C@H]2c3cccc(O)c3OC(C)(C)[C@@H]2C[C@H]1C(=O)O. The summed E-state index contributed by atoms with van der Waals surface area (Å²) in [5.41, 5.74) is 0.208. The molecule has 0 unspecified atom stereocenters. The molecule has 2 aliphatic rings. The van der Waals surface area contributed by atoms with Crippen molar-refractivity contribution >= 4 is 5.97 Å². The van der Waals surface area contributed by atoms with Crippen molar-refractivity contribution in [3.8, 4) is 11.5 Å². The van der Waals surface area contributed by atoms with Crippen LogP contribution in [-0.2, 0) is 9.53 Å². The highest BCUT2D eigenvalue weighted by molar-refractivity contribution is 5.71. The Balaban J connectivity index is 2.05. The Bertz CT molecular complexity index is 580. The lowest BCUT2D eigenvalue weighted by molar-refractivity contribution is -0.183. The molecule has 0 saturated carbocycles. The zero-order valence-electron chi connectivity index (χ0n) is 12.4. The number of carbonyl (C=O) groups is 1. The first-order chi connectivity index (χ1) is 9.81. The summed E-state index contributed by atoms with van der Waals surface area (Å²) >= 11 is 0. The first kappa shape index (κ1) is 14.2. The minimum atomic E-state index is -0.835. The van der Waals surface area contributed by atoms with E-state index in [4.69, 9.17) is 9.47 Å². The monoisotopic (exact) mass is 292 g/mol. The lowest BCUT2D eigenvalue weighted by Crippen LogP contribution is -2.51. The average Bonchev–Trinajstić information content (AvgIpc) is 2.39. The molecule has 5 heteroatoms. The van der Waals surface area contributed by atoms with Gasteiger partial charge < -0.3 is 19.7 Å². The zero-order valence-corrected chi connectivity index (χ0v) is 12.4. The van der Waals surface area contributed by atoms with E-state index in [1.165, 1.54) is 0 Å². The average molecular weight is 292 g/mol. The number of ether oxygens (including phenoxy) is 2. The number of phenolic OH excluding ortho intramolecular Hbond substituents is 1. The number of aliphatic carboxylic acids is 1. The third-order valence-electron chi connectivity index (χ3n) is 4.71. The third-order valence-corrected chi connectivity index (χ3v) is 4.71. The molecule has 2 heterocycles. The second-order valence-electron chi connectivity index (χ2n) is 6.45. The maximum Gasteiger partial charge on any atom is 0.309 e. The quantitative estimate of drug-likeness (QED) is 0.832. The Morgan fingerprint density at radius 3 is 2.76 bits per heavy atom. The largest absolute Gasteiger partial charge is 0.504 e. The van der Waals surface area contributed by atoms with Crippen LogP contribution in [0.25, 0.3) is 0 Å². The summed E-state index contributed by atoms with van der Waals surface area (Å²) in [4.78, 5) is 11.4. The summed E-state index contributed by atoms with van der Waals surface area (Å²) in [6, 6.07) is 5.21. The van der Waals surface area contributed by atoms with E-state index in [2.05, 4.69) is 0 Å². The molecule has 114 valence electrons. The van der Waals surface area contributed by atoms with Gasteiger partial charge in [-0.25, -0.2) is 0 Å². The van der Waals surface area contributed by atoms with Crippen LogP contribution < -0.4 is 4.74 Å². The summed E-state index contributed by atoms with van der Waals surface area (Å²) in [5.74, 6) is -0.893. The molecule has 0 aliphatic carbocycles. The van der Waals surface area contributed by atoms with Crippen LogP contribution in [0.2, 0.25) is 0 Å². The van der Waals surface area contributed by atoms with Gasteiger partial charge >= 0.3 is 5.97 Å². The van der Waals surface area contributed by atoms with Gasteiger partial charge in [0, 0.05) is 11.5 Å². The number of fused-ring (bicyclic) bond motifs is 3. The Kier molecular flexibility index (Phi) is 3.13. The molecule has 0 aromatic heterocycles. The number of carboxylic acids is 1. The molecular formula is C16H20O5. The lowest BCUT2D eigenvalue weighted by Gasteiger charge is -2.49. The normalized spacial score (nSPS) is 33.5. The fourth-order valence-corrected chi connectivity index (χ4v) is 3.47. The van der Waals surface area contributed by atoms with E-state index in [1.54, 1.807) is 19.1 Å². The molecule has 5 nitrogen and oxygen atoms in total. The third kappa shape index (κ3) is 2.16. The standard InChI is InChI=1S/C16H20O5/c1-8-10(15(18)19)7-11-13(20-8)9-5-4-6-12(17)14(9)21-16(11,2)3/h4-6,8,10-11,13,17H,7H2,1-3H3,(H,18,19)/t8-,10-,11-,13+/m1/s1. The molecule has 0 radical (unpaired) electrons. The molecule has 0 bridgehead atoms. The molecule has 1 saturated heterocycles. The molecule has 3 rings (SSSR count). The number of para-hydroxylation sites is 1. The van der Waals surface area contributed by atoms with Gasteiger partial charge in [0.25, 0.3) is 0 Å². The minimum Gasteiger partial charge on any atom is -0.504 e. The summed E-state index contributed by atoms with van der Waals surface area (Å²) in [5, 5.41) is 19.4. The molecule has 2 N–H and O–H groups in total. The van der Waals surface area contributed by atoms with E-state index >= 15 is 0 Å². The summed E-state index contributed by atoms with van der Waals surface area (Å²) in [6.07, 6.45) is -0.113. The van der Waals surface area contributed by atoms with Crippen molar-refractivity contribution < 1.29 is 24.5 Å². The summed E-state index contributed by atoms with van der Waals surface area (Å²) in [7, 11) is 0. The summed E-state index contributed by atoms with van der Waals surface area (Å²) < 4.78 is 12.0. The van der Waals surface area contributed by atoms with E-state index in [1.807, 2.05) is 19.9 Å². The van der Waals surface area contributed by atoms with Crippen molar-refractivity contribution in [1.29, 1.82) is 0 Å². The van der Waals surface area contributed by atoms with Crippen LogP contribution in [-0.4, -0.2) is 27.9 Å². The van der Waals surface area contributed by atoms with Crippen molar-refractivity contribution in [2.75, 3.05) is 0 Å². The van der Waals surface area contributed by atoms with Gasteiger partial charge in [0.2, 0.25) is 0 Å². The highest BCUT2D eigenvalue weighted by Gasteiger charge is 2.51. The van der Waals surface area contributed by atoms with Gasteiger partial charge in [-0.1, -0.05) is 12.1 Å². The van der Waals surface area contributed by atoms with Gasteiger partial charge in [0.1, 0.15) is 5.60 Å². The number of benzene rings is 1. The van der Waals surface area contributed by atoms with Crippen LogP contribution in [0.3, 0.4) is 0 Å². The van der Waals surface area contributed by atoms with Gasteiger partial charge in [-0.3, -0.25) is 4.79 Å². The molecule has 1 aromatic rings. The number of carboxylic acid groups (broad SMARTS) is 1. The molecule has 1 aromatic carbocycles. The highest BCUT2D eigenvalue weighted by atomic mass is 16.5. The van der Waals surface area contributed by atoms with E-state index in [9.17, 15) is 15.0 Å². The Morgan fingerprint density at radius 2 is 2.10 bits per heavy atom. The van der Waals surface area contributed by atoms with E-state index in [0.29, 0.717) is 12.2 Å². The van der Waals surface area contributed by atoms with Crippen LogP contribution in [0.5, 0.6) is 11.5 Å². The topological polar surface area (TPSA) is 76.0 Å². The number of hydrogen-bond acceptors (Lipinski definition) is 4. The zero-order chi connectivity index (χ0) is 15.4. The Morgan fingerprint density at radius 1 is 1.38 bits per heavy atom. The lowest BCUT2D eigenvalue weighted by atomic mass is 9.72. The maximum atomic E-state index is 11.4. The van der Waals surface area contributed by atoms with Crippen LogP contribution >= 0.6 is 0 Å². The second-order valence-corrected chi connectivity index (χ2v) is 6.45. The van der Waals surface area contributed by atoms with Gasteiger partial charge in [0.05, 0.1) is 18.1 Å². The Labute approximate surface area is 123 Å². The molecule has 2 aliphatic heterocycles. The number of aromatic hydroxyl groups is 1. The van der Waals surface area contributed by atoms with E-state index in [-0.39, 0.29) is 23.9 Å². The van der Waals surface area contributed by atoms with Gasteiger partial charge in [0.15, 0.2) is 11.5 Å². The smallest absolute Gasteiger partial charge is 0.309 e. The van der Waals surface area contributed by atoms with Crippen molar-refractivity contribution in [2.24, 2.45) is 11.8 Å². The first-order valence-corrected chi connectivity index (χ1v) is 7.20. The van der Waals surface area contributed by atoms with Gasteiger partial charge in [-0.15, -0.1) is 0 Å². The van der Waals surface area contributed by atoms with Crippen LogP contribution in [0.1, 0.15) is 38.9 Å². The Hall–Kier alpha value is -1.75. The van der Waals surface area contributed by atoms with Crippen molar-refractivity contribution in [3.05, 3.63) is 23.8 Å². The molecule has 4 atom stereocenters. The number of hydrogen-bond donors (Lipinski definition) is 2. The highest BCUT2D eigenvalue weighted by Crippen LogP contribution is 2.53. The molecular weight excluding hydrogens is 272 g/mol. The van der Waals surface area contributed by atoms with Crippen LogP contribution in [0.15, 0.2) is 18.2 Å². The van der Waals surface area contributed by atoms with Gasteiger partial charge in [-0.05, 0) is 33.3 Å². The van der Waals surface area contributed by atoms with Crippen LogP contribution in [0, 0.1) is 11.8 Å². The number of rotatable bonds is 1. The predicted octanol–water partition coefficient (Wildman–Crippen LogP) is 2.73. The summed E-state index contributed by atoms with van der Waals surface area (Å²) in [6.45, 7) is 5.62. The van der Waals surface area contributed by atoms with E-state index < -0.39 is 17.5 Å². The molecule has 1 fully saturated rings. The predicted molar refractivity (Wildman–Crippen MR) is 75.3 cm³/mol. The van der Waals surface area contributed by atoms with Crippen molar-refractivity contribution in [2.45, 2.75) is 45.0 Å². The van der Waals surface area contributed by atoms with Gasteiger partial charge in [-0.2, -0.15) is 0 Å². The number of phenols is 1. The molecule has 0 spiro atoms. The minimum absolute atomic E-state index is 0.0656. The molecule has 0 amide bonds. The fourth-order valence-electron chi connectivity index (χ4n) is 3.47. The van der Waals surface area contributed by atoms with E-state index in [0.717, 1.165) is 5.56 Å². The molecule has 21 heavy (non-hydrogen) atoms. The van der Waals surface area contributed by atoms with Crippen molar-refractivity contribution in [3.63, 3.8) is 0 Å². The first-order valence-electron chi connectivity index (χ1n) is 7.20. The maximum absolute atomic E-state index is 11.4. The van der Waals surface area contributed by atoms with Crippen molar-refractivity contribution in [1.82, 2.24) is 0 Å².